The molecule has 1 atom stereocenters. The summed E-state index contributed by atoms with van der Waals surface area (Å²) in [5, 5.41) is 8.11. The highest BCUT2D eigenvalue weighted by Gasteiger charge is 2.28. The van der Waals surface area contributed by atoms with Crippen molar-refractivity contribution in [3.63, 3.8) is 0 Å². The minimum absolute atomic E-state index is 0.0199. The van der Waals surface area contributed by atoms with Gasteiger partial charge in [0, 0.05) is 47.4 Å². The summed E-state index contributed by atoms with van der Waals surface area (Å²) in [5.74, 6) is -0.206. The number of benzene rings is 2. The van der Waals surface area contributed by atoms with Crippen LogP contribution in [0.4, 0.5) is 11.4 Å². The zero-order valence-corrected chi connectivity index (χ0v) is 16.2. The second-order valence-electron chi connectivity index (χ2n) is 7.65. The van der Waals surface area contributed by atoms with Gasteiger partial charge in [0.15, 0.2) is 0 Å². The van der Waals surface area contributed by atoms with Crippen molar-refractivity contribution in [2.75, 3.05) is 10.6 Å². The van der Waals surface area contributed by atoms with Gasteiger partial charge in [0.1, 0.15) is 0 Å². The number of nitrogens with zero attached hydrogens (tertiary/aromatic N) is 1. The van der Waals surface area contributed by atoms with Crippen LogP contribution in [0.15, 0.2) is 48.8 Å². The van der Waals surface area contributed by atoms with Gasteiger partial charge in [-0.2, -0.15) is 0 Å². The molecule has 0 aliphatic carbocycles. The van der Waals surface area contributed by atoms with E-state index in [0.29, 0.717) is 6.42 Å². The van der Waals surface area contributed by atoms with Crippen molar-refractivity contribution in [2.45, 2.75) is 33.1 Å². The maximum absolute atomic E-state index is 12.5. The lowest BCUT2D eigenvalue weighted by molar-refractivity contribution is -0.119. The third kappa shape index (κ3) is 3.24. The van der Waals surface area contributed by atoms with Gasteiger partial charge in [-0.1, -0.05) is 38.1 Å². The zero-order chi connectivity index (χ0) is 19.8. The lowest BCUT2D eigenvalue weighted by atomic mass is 9.82. The number of nitrogens with one attached hydrogen (secondary N) is 2. The number of anilines is 2. The predicted molar refractivity (Wildman–Crippen MR) is 111 cm³/mol. The molecule has 0 saturated heterocycles. The molecule has 5 heteroatoms. The molecule has 2 amide bonds. The Morgan fingerprint density at radius 3 is 2.82 bits per heavy atom. The standard InChI is InChI=1S/C23H23N3O2/c1-13(2)23(28)26-20-11-21-19(9-14(20)3)18(10-22(27)25-21)17-6-4-5-15-12-24-8-7-16(15)17/h4-9,11-13,18H,10H2,1-3H3,(H,25,27)(H,26,28). The minimum Gasteiger partial charge on any atom is -0.326 e. The molecular weight excluding hydrogens is 350 g/mol. The Hall–Kier alpha value is -3.21. The Bertz CT molecular complexity index is 1080. The third-order valence-corrected chi connectivity index (χ3v) is 5.31. The van der Waals surface area contributed by atoms with Gasteiger partial charge in [0.05, 0.1) is 0 Å². The third-order valence-electron chi connectivity index (χ3n) is 5.31. The van der Waals surface area contributed by atoms with Crippen LogP contribution in [-0.4, -0.2) is 16.8 Å². The van der Waals surface area contributed by atoms with Gasteiger partial charge in [0.2, 0.25) is 11.8 Å². The Morgan fingerprint density at radius 2 is 2.04 bits per heavy atom. The van der Waals surface area contributed by atoms with Crippen LogP contribution in [0.2, 0.25) is 0 Å². The van der Waals surface area contributed by atoms with Crippen molar-refractivity contribution >= 4 is 34.0 Å². The summed E-state index contributed by atoms with van der Waals surface area (Å²) >= 11 is 0. The summed E-state index contributed by atoms with van der Waals surface area (Å²) in [6, 6.07) is 12.1. The van der Waals surface area contributed by atoms with Crippen LogP contribution in [0.1, 0.15) is 42.9 Å². The molecule has 0 bridgehead atoms. The van der Waals surface area contributed by atoms with Gasteiger partial charge < -0.3 is 10.6 Å². The molecule has 2 heterocycles. The number of fused-ring (bicyclic) bond motifs is 2. The Kier molecular flexibility index (Phi) is 4.59. The normalized spacial score (nSPS) is 16.0. The van der Waals surface area contributed by atoms with Gasteiger partial charge in [-0.3, -0.25) is 14.6 Å². The molecule has 1 aliphatic rings. The van der Waals surface area contributed by atoms with Gasteiger partial charge in [-0.05, 0) is 41.1 Å². The van der Waals surface area contributed by atoms with E-state index in [-0.39, 0.29) is 23.7 Å². The molecule has 0 fully saturated rings. The second kappa shape index (κ2) is 7.08. The highest BCUT2D eigenvalue weighted by molar-refractivity contribution is 5.99. The molecule has 0 spiro atoms. The number of pyridine rings is 1. The maximum atomic E-state index is 12.5. The van der Waals surface area contributed by atoms with E-state index in [9.17, 15) is 9.59 Å². The molecule has 2 aromatic carbocycles. The fraction of sp³-hybridized carbons (Fsp3) is 0.261. The quantitative estimate of drug-likeness (QED) is 0.704. The summed E-state index contributed by atoms with van der Waals surface area (Å²) in [6.45, 7) is 5.70. The number of aromatic nitrogens is 1. The van der Waals surface area contributed by atoms with Crippen LogP contribution in [0, 0.1) is 12.8 Å². The highest BCUT2D eigenvalue weighted by atomic mass is 16.2. The van der Waals surface area contributed by atoms with Gasteiger partial charge in [0.25, 0.3) is 0 Å². The van der Waals surface area contributed by atoms with Crippen LogP contribution in [0.25, 0.3) is 10.8 Å². The molecule has 1 aliphatic heterocycles. The van der Waals surface area contributed by atoms with Crippen molar-refractivity contribution in [3.8, 4) is 0 Å². The van der Waals surface area contributed by atoms with E-state index in [1.54, 1.807) is 6.20 Å². The first-order chi connectivity index (χ1) is 13.4. The topological polar surface area (TPSA) is 71.1 Å². The summed E-state index contributed by atoms with van der Waals surface area (Å²) in [7, 11) is 0. The number of carbonyl (C=O) groups is 2. The molecule has 142 valence electrons. The first-order valence-electron chi connectivity index (χ1n) is 9.52. The number of amides is 2. The molecule has 2 N–H and O–H groups in total. The molecule has 1 aromatic heterocycles. The SMILES string of the molecule is Cc1cc2c(cc1NC(=O)C(C)C)NC(=O)CC2c1cccc2cnccc12. The summed E-state index contributed by atoms with van der Waals surface area (Å²) in [6.07, 6.45) is 4.02. The fourth-order valence-corrected chi connectivity index (χ4v) is 3.76. The average molecular weight is 373 g/mol. The monoisotopic (exact) mass is 373 g/mol. The van der Waals surface area contributed by atoms with Crippen molar-refractivity contribution < 1.29 is 9.59 Å². The molecule has 0 saturated carbocycles. The molecule has 4 rings (SSSR count). The molecule has 1 unspecified atom stereocenters. The zero-order valence-electron chi connectivity index (χ0n) is 16.2. The molecular formula is C23H23N3O2. The van der Waals surface area contributed by atoms with Crippen LogP contribution in [0.5, 0.6) is 0 Å². The first kappa shape index (κ1) is 18.2. The van der Waals surface area contributed by atoms with Crippen LogP contribution < -0.4 is 10.6 Å². The Morgan fingerprint density at radius 1 is 1.21 bits per heavy atom. The van der Waals surface area contributed by atoms with Crippen molar-refractivity contribution in [2.24, 2.45) is 5.92 Å². The summed E-state index contributed by atoms with van der Waals surface area (Å²) in [5.41, 5.74) is 4.67. The molecule has 3 aromatic rings. The number of aryl methyl sites for hydroxylation is 1. The van der Waals surface area contributed by atoms with Crippen molar-refractivity contribution in [3.05, 3.63) is 65.5 Å². The van der Waals surface area contributed by atoms with E-state index in [4.69, 9.17) is 0 Å². The number of rotatable bonds is 3. The smallest absolute Gasteiger partial charge is 0.226 e. The van der Waals surface area contributed by atoms with Crippen LogP contribution in [0.3, 0.4) is 0 Å². The van der Waals surface area contributed by atoms with E-state index in [1.807, 2.05) is 51.2 Å². The van der Waals surface area contributed by atoms with Gasteiger partial charge >= 0.3 is 0 Å². The Balaban J connectivity index is 1.82. The summed E-state index contributed by atoms with van der Waals surface area (Å²) < 4.78 is 0. The molecule has 5 nitrogen and oxygen atoms in total. The second-order valence-corrected chi connectivity index (χ2v) is 7.65. The van der Waals surface area contributed by atoms with Gasteiger partial charge in [-0.25, -0.2) is 0 Å². The molecule has 28 heavy (non-hydrogen) atoms. The summed E-state index contributed by atoms with van der Waals surface area (Å²) in [4.78, 5) is 28.8. The number of carbonyl (C=O) groups excluding carboxylic acids is 2. The maximum Gasteiger partial charge on any atom is 0.226 e. The van der Waals surface area contributed by atoms with E-state index >= 15 is 0 Å². The van der Waals surface area contributed by atoms with E-state index in [1.165, 1.54) is 0 Å². The van der Waals surface area contributed by atoms with E-state index in [2.05, 4.69) is 27.8 Å². The average Bonchev–Trinajstić information content (AvgIpc) is 2.68. The van der Waals surface area contributed by atoms with E-state index < -0.39 is 0 Å². The lowest BCUT2D eigenvalue weighted by Gasteiger charge is -2.28. The Labute approximate surface area is 164 Å². The molecule has 0 radical (unpaired) electrons. The number of hydrogen-bond acceptors (Lipinski definition) is 3. The largest absolute Gasteiger partial charge is 0.326 e. The van der Waals surface area contributed by atoms with Crippen LogP contribution in [-0.2, 0) is 9.59 Å². The van der Waals surface area contributed by atoms with Crippen molar-refractivity contribution in [1.82, 2.24) is 4.98 Å². The number of hydrogen-bond donors (Lipinski definition) is 2. The van der Waals surface area contributed by atoms with Gasteiger partial charge in [-0.15, -0.1) is 0 Å². The minimum atomic E-state index is -0.109. The predicted octanol–water partition coefficient (Wildman–Crippen LogP) is 4.61. The fourth-order valence-electron chi connectivity index (χ4n) is 3.76. The van der Waals surface area contributed by atoms with Crippen molar-refractivity contribution in [1.29, 1.82) is 0 Å². The van der Waals surface area contributed by atoms with E-state index in [0.717, 1.165) is 38.8 Å². The first-order valence-corrected chi connectivity index (χ1v) is 9.52. The van der Waals surface area contributed by atoms with Crippen LogP contribution >= 0.6 is 0 Å². The lowest BCUT2D eigenvalue weighted by Crippen LogP contribution is -2.25. The highest BCUT2D eigenvalue weighted by Crippen LogP contribution is 2.41.